The van der Waals surface area contributed by atoms with Crippen LogP contribution in [0.2, 0.25) is 0 Å². The molecule has 0 spiro atoms. The average Bonchev–Trinajstić information content (AvgIpc) is 2.56. The van der Waals surface area contributed by atoms with Gasteiger partial charge in [0.1, 0.15) is 0 Å². The topological polar surface area (TPSA) is 119 Å². The lowest BCUT2D eigenvalue weighted by atomic mass is 10.2. The quantitative estimate of drug-likeness (QED) is 0.676. The first-order chi connectivity index (χ1) is 8.01. The summed E-state index contributed by atoms with van der Waals surface area (Å²) in [6, 6.07) is 0.975. The monoisotopic (exact) mass is 238 g/mol. The Bertz CT molecular complexity index is 509. The lowest BCUT2D eigenvalue weighted by Crippen LogP contribution is -2.43. The van der Waals surface area contributed by atoms with Crippen LogP contribution in [0.5, 0.6) is 0 Å². The van der Waals surface area contributed by atoms with Crippen LogP contribution in [0.25, 0.3) is 0 Å². The Kier molecular flexibility index (Phi) is 3.87. The first kappa shape index (κ1) is 12.8. The molecule has 1 unspecified atom stereocenters. The van der Waals surface area contributed by atoms with Crippen LogP contribution in [-0.2, 0) is 0 Å². The SMILES string of the molecule is CCC(CC#N)NC(=O)n1nc(C)n(N)c1=O. The Balaban J connectivity index is 2.87. The fourth-order valence-corrected chi connectivity index (χ4v) is 1.25. The molecule has 1 amide bonds. The molecule has 8 heteroatoms. The molecular weight excluding hydrogens is 224 g/mol. The Hall–Kier alpha value is -2.30. The van der Waals surface area contributed by atoms with Gasteiger partial charge in [0.05, 0.1) is 12.5 Å². The molecular formula is C9H14N6O2. The predicted octanol–water partition coefficient (Wildman–Crippen LogP) is -0.683. The van der Waals surface area contributed by atoms with Gasteiger partial charge in [0.2, 0.25) is 0 Å². The molecule has 0 aliphatic rings. The van der Waals surface area contributed by atoms with Gasteiger partial charge in [-0.25, -0.2) is 9.59 Å². The van der Waals surface area contributed by atoms with Crippen LogP contribution < -0.4 is 16.8 Å². The number of carbonyl (C=O) groups excluding carboxylic acids is 1. The molecule has 8 nitrogen and oxygen atoms in total. The van der Waals surface area contributed by atoms with Crippen LogP contribution >= 0.6 is 0 Å². The number of amides is 1. The van der Waals surface area contributed by atoms with Crippen molar-refractivity contribution in [2.45, 2.75) is 32.7 Å². The van der Waals surface area contributed by atoms with Gasteiger partial charge >= 0.3 is 11.7 Å². The molecule has 0 fully saturated rings. The molecule has 0 radical (unpaired) electrons. The van der Waals surface area contributed by atoms with E-state index >= 15 is 0 Å². The Morgan fingerprint density at radius 2 is 2.35 bits per heavy atom. The number of rotatable bonds is 3. The summed E-state index contributed by atoms with van der Waals surface area (Å²) in [7, 11) is 0. The molecule has 0 saturated heterocycles. The van der Waals surface area contributed by atoms with Crippen molar-refractivity contribution in [3.05, 3.63) is 16.3 Å². The summed E-state index contributed by atoms with van der Waals surface area (Å²) in [6.45, 7) is 3.34. The summed E-state index contributed by atoms with van der Waals surface area (Å²) in [5, 5.41) is 14.8. The summed E-state index contributed by atoms with van der Waals surface area (Å²) in [5.41, 5.74) is -0.716. The number of hydrogen-bond donors (Lipinski definition) is 2. The molecule has 1 aromatic heterocycles. The number of carbonyl (C=O) groups is 1. The summed E-state index contributed by atoms with van der Waals surface area (Å²) in [6.07, 6.45) is 0.773. The van der Waals surface area contributed by atoms with E-state index < -0.39 is 11.7 Å². The highest BCUT2D eigenvalue weighted by Crippen LogP contribution is 1.96. The first-order valence-electron chi connectivity index (χ1n) is 5.12. The summed E-state index contributed by atoms with van der Waals surface area (Å²) in [4.78, 5) is 23.2. The molecule has 3 N–H and O–H groups in total. The van der Waals surface area contributed by atoms with Crippen molar-refractivity contribution in [1.29, 1.82) is 5.26 Å². The van der Waals surface area contributed by atoms with Gasteiger partial charge in [-0.05, 0) is 13.3 Å². The van der Waals surface area contributed by atoms with Gasteiger partial charge < -0.3 is 11.2 Å². The maximum absolute atomic E-state index is 11.7. The second kappa shape index (κ2) is 5.16. The standard InChI is InChI=1S/C9H14N6O2/c1-3-7(4-5-10)12-8(16)15-9(17)14(11)6(2)13-15/h7H,3-4,11H2,1-2H3,(H,12,16). The zero-order valence-corrected chi connectivity index (χ0v) is 9.67. The van der Waals surface area contributed by atoms with Crippen LogP contribution in [0.15, 0.2) is 4.79 Å². The van der Waals surface area contributed by atoms with E-state index in [1.54, 1.807) is 0 Å². The third kappa shape index (κ3) is 2.63. The van der Waals surface area contributed by atoms with Crippen molar-refractivity contribution in [3.63, 3.8) is 0 Å². The first-order valence-corrected chi connectivity index (χ1v) is 5.12. The van der Waals surface area contributed by atoms with E-state index in [0.29, 0.717) is 11.1 Å². The maximum Gasteiger partial charge on any atom is 0.373 e. The van der Waals surface area contributed by atoms with Gasteiger partial charge in [0, 0.05) is 6.04 Å². The van der Waals surface area contributed by atoms with Crippen molar-refractivity contribution in [2.75, 3.05) is 5.84 Å². The van der Waals surface area contributed by atoms with Gasteiger partial charge in [-0.15, -0.1) is 9.78 Å². The fourth-order valence-electron chi connectivity index (χ4n) is 1.25. The molecule has 92 valence electrons. The summed E-state index contributed by atoms with van der Waals surface area (Å²) >= 11 is 0. The van der Waals surface area contributed by atoms with E-state index in [1.807, 2.05) is 13.0 Å². The average molecular weight is 238 g/mol. The number of aryl methyl sites for hydroxylation is 1. The molecule has 0 saturated carbocycles. The lowest BCUT2D eigenvalue weighted by molar-refractivity contribution is 0.234. The van der Waals surface area contributed by atoms with E-state index in [2.05, 4.69) is 10.4 Å². The van der Waals surface area contributed by atoms with Crippen LogP contribution in [-0.4, -0.2) is 26.5 Å². The number of aromatic nitrogens is 3. The number of hydrogen-bond acceptors (Lipinski definition) is 5. The van der Waals surface area contributed by atoms with Gasteiger partial charge in [0.25, 0.3) is 0 Å². The molecule has 1 aromatic rings. The van der Waals surface area contributed by atoms with Crippen molar-refractivity contribution in [1.82, 2.24) is 19.8 Å². The zero-order chi connectivity index (χ0) is 13.0. The minimum Gasteiger partial charge on any atom is -0.333 e. The van der Waals surface area contributed by atoms with Crippen molar-refractivity contribution < 1.29 is 4.79 Å². The van der Waals surface area contributed by atoms with Crippen molar-refractivity contribution in [2.24, 2.45) is 0 Å². The van der Waals surface area contributed by atoms with E-state index in [9.17, 15) is 9.59 Å². The van der Waals surface area contributed by atoms with E-state index in [0.717, 1.165) is 4.68 Å². The van der Waals surface area contributed by atoms with Crippen LogP contribution in [0.1, 0.15) is 25.6 Å². The fraction of sp³-hybridized carbons (Fsp3) is 0.556. The largest absolute Gasteiger partial charge is 0.373 e. The van der Waals surface area contributed by atoms with Crippen LogP contribution in [0, 0.1) is 18.3 Å². The van der Waals surface area contributed by atoms with Gasteiger partial charge in [-0.1, -0.05) is 6.92 Å². The molecule has 0 aliphatic carbocycles. The molecule has 1 rings (SSSR count). The highest BCUT2D eigenvalue weighted by Gasteiger charge is 2.17. The molecule has 0 aromatic carbocycles. The Morgan fingerprint density at radius 1 is 1.71 bits per heavy atom. The Morgan fingerprint density at radius 3 is 2.76 bits per heavy atom. The lowest BCUT2D eigenvalue weighted by Gasteiger charge is -2.12. The second-order valence-electron chi connectivity index (χ2n) is 3.53. The molecule has 17 heavy (non-hydrogen) atoms. The maximum atomic E-state index is 11.7. The minimum absolute atomic E-state index is 0.180. The van der Waals surface area contributed by atoms with Crippen molar-refractivity contribution >= 4 is 6.03 Å². The number of nitrogens with zero attached hydrogens (tertiary/aromatic N) is 4. The number of nitriles is 1. The highest BCUT2D eigenvalue weighted by atomic mass is 16.2. The highest BCUT2D eigenvalue weighted by molar-refractivity contribution is 5.75. The van der Waals surface area contributed by atoms with Gasteiger partial charge in [-0.2, -0.15) is 9.94 Å². The number of nitrogens with one attached hydrogen (secondary N) is 1. The molecule has 1 heterocycles. The van der Waals surface area contributed by atoms with Gasteiger partial charge in [-0.3, -0.25) is 0 Å². The smallest absolute Gasteiger partial charge is 0.333 e. The normalized spacial score (nSPS) is 11.8. The van der Waals surface area contributed by atoms with Crippen molar-refractivity contribution in [3.8, 4) is 6.07 Å². The summed E-state index contributed by atoms with van der Waals surface area (Å²) in [5.74, 6) is 5.59. The van der Waals surface area contributed by atoms with E-state index in [-0.39, 0.29) is 18.3 Å². The molecule has 1 atom stereocenters. The predicted molar refractivity (Wildman–Crippen MR) is 59.6 cm³/mol. The van der Waals surface area contributed by atoms with E-state index in [1.165, 1.54) is 6.92 Å². The molecule has 0 bridgehead atoms. The number of nitrogens with two attached hydrogens (primary N) is 1. The zero-order valence-electron chi connectivity index (χ0n) is 9.67. The van der Waals surface area contributed by atoms with Gasteiger partial charge in [0.15, 0.2) is 5.82 Å². The second-order valence-corrected chi connectivity index (χ2v) is 3.53. The summed E-state index contributed by atoms with van der Waals surface area (Å²) < 4.78 is 1.43. The third-order valence-electron chi connectivity index (χ3n) is 2.33. The minimum atomic E-state index is -0.716. The van der Waals surface area contributed by atoms with Crippen LogP contribution in [0.4, 0.5) is 4.79 Å². The number of nitrogen functional groups attached to an aromatic ring is 1. The Labute approximate surface area is 97.6 Å². The third-order valence-corrected chi connectivity index (χ3v) is 2.33. The van der Waals surface area contributed by atoms with Crippen LogP contribution in [0.3, 0.4) is 0 Å². The van der Waals surface area contributed by atoms with E-state index in [4.69, 9.17) is 11.1 Å². The molecule has 0 aliphatic heterocycles.